The summed E-state index contributed by atoms with van der Waals surface area (Å²) in [5.41, 5.74) is 0. The number of carbonyl (C=O) groups excluding carboxylic acids is 1. The first-order valence-electron chi connectivity index (χ1n) is 3.58. The van der Waals surface area contributed by atoms with Gasteiger partial charge in [-0.3, -0.25) is 4.79 Å². The Hall–Kier alpha value is -0.300. The molecule has 0 aliphatic heterocycles. The molecule has 0 aromatic heterocycles. The summed E-state index contributed by atoms with van der Waals surface area (Å²) in [6.07, 6.45) is 7.11. The number of hydrogen-bond acceptors (Lipinski definition) is 1. The van der Waals surface area contributed by atoms with Crippen molar-refractivity contribution in [2.75, 3.05) is 5.88 Å². The molecule has 0 bridgehead atoms. The van der Waals surface area contributed by atoms with Crippen LogP contribution in [0, 0.1) is 5.92 Å². The Labute approximate surface area is 66.1 Å². The Morgan fingerprint density at radius 3 is 2.90 bits per heavy atom. The van der Waals surface area contributed by atoms with Gasteiger partial charge in [0.15, 0.2) is 5.78 Å². The number of carbonyl (C=O) groups is 1. The zero-order chi connectivity index (χ0) is 7.40. The summed E-state index contributed by atoms with van der Waals surface area (Å²) >= 11 is 5.41. The van der Waals surface area contributed by atoms with E-state index >= 15 is 0 Å². The molecule has 0 aromatic rings. The summed E-state index contributed by atoms with van der Waals surface area (Å²) in [5.74, 6) is 0.590. The zero-order valence-corrected chi connectivity index (χ0v) is 6.60. The molecule has 2 heteroatoms. The monoisotopic (exact) mass is 158 g/mol. The van der Waals surface area contributed by atoms with Crippen molar-refractivity contribution < 1.29 is 4.79 Å². The van der Waals surface area contributed by atoms with Gasteiger partial charge in [0.25, 0.3) is 0 Å². The molecular weight excluding hydrogens is 148 g/mol. The minimum atomic E-state index is 0.179. The van der Waals surface area contributed by atoms with Gasteiger partial charge in [-0.05, 0) is 19.3 Å². The summed E-state index contributed by atoms with van der Waals surface area (Å²) in [5, 5.41) is 0. The molecule has 1 aliphatic carbocycles. The fourth-order valence-corrected chi connectivity index (χ4v) is 1.41. The van der Waals surface area contributed by atoms with Crippen molar-refractivity contribution in [3.63, 3.8) is 0 Å². The third kappa shape index (κ3) is 1.84. The lowest BCUT2D eigenvalue weighted by atomic mass is 9.91. The molecule has 0 N–H and O–H groups in total. The molecule has 0 aromatic carbocycles. The Morgan fingerprint density at radius 2 is 2.40 bits per heavy atom. The number of Topliss-reactive ketones (excluding diaryl/α,β-unsaturated/α-hetero) is 1. The fraction of sp³-hybridized carbons (Fsp3) is 0.625. The maximum atomic E-state index is 11.0. The quantitative estimate of drug-likeness (QED) is 0.445. The normalized spacial score (nSPS) is 24.7. The molecule has 0 radical (unpaired) electrons. The molecule has 1 atom stereocenters. The van der Waals surface area contributed by atoms with Crippen LogP contribution in [0.2, 0.25) is 0 Å². The zero-order valence-electron chi connectivity index (χ0n) is 5.85. The highest BCUT2D eigenvalue weighted by Gasteiger charge is 2.16. The second kappa shape index (κ2) is 3.77. The van der Waals surface area contributed by atoms with Gasteiger partial charge in [0, 0.05) is 5.92 Å². The first kappa shape index (κ1) is 7.80. The van der Waals surface area contributed by atoms with E-state index in [1.54, 1.807) is 0 Å². The third-order valence-corrected chi connectivity index (χ3v) is 2.12. The van der Waals surface area contributed by atoms with Crippen molar-refractivity contribution in [1.82, 2.24) is 0 Å². The predicted molar refractivity (Wildman–Crippen MR) is 42.2 cm³/mol. The van der Waals surface area contributed by atoms with Crippen LogP contribution in [0.15, 0.2) is 12.2 Å². The number of halogens is 1. The molecule has 1 unspecified atom stereocenters. The van der Waals surface area contributed by atoms with E-state index in [0.29, 0.717) is 0 Å². The van der Waals surface area contributed by atoms with Crippen molar-refractivity contribution >= 4 is 17.4 Å². The summed E-state index contributed by atoms with van der Waals surface area (Å²) in [6, 6.07) is 0. The molecule has 10 heavy (non-hydrogen) atoms. The van der Waals surface area contributed by atoms with Gasteiger partial charge in [-0.1, -0.05) is 12.2 Å². The van der Waals surface area contributed by atoms with Crippen LogP contribution in [0.5, 0.6) is 0 Å². The number of allylic oxidation sites excluding steroid dienone is 2. The Bertz CT molecular complexity index is 151. The molecule has 0 heterocycles. The van der Waals surface area contributed by atoms with Gasteiger partial charge in [-0.25, -0.2) is 0 Å². The number of alkyl halides is 1. The second-order valence-corrected chi connectivity index (χ2v) is 2.85. The van der Waals surface area contributed by atoms with Gasteiger partial charge < -0.3 is 0 Å². The van der Waals surface area contributed by atoms with Crippen LogP contribution in [0.25, 0.3) is 0 Å². The average Bonchev–Trinajstić information content (AvgIpc) is 2.05. The lowest BCUT2D eigenvalue weighted by Crippen LogP contribution is -2.16. The Morgan fingerprint density at radius 1 is 1.60 bits per heavy atom. The third-order valence-electron chi connectivity index (χ3n) is 1.86. The van der Waals surface area contributed by atoms with E-state index in [9.17, 15) is 4.79 Å². The summed E-state index contributed by atoms with van der Waals surface area (Å²) < 4.78 is 0. The topological polar surface area (TPSA) is 17.1 Å². The molecule has 0 saturated carbocycles. The van der Waals surface area contributed by atoms with Crippen LogP contribution in [0.4, 0.5) is 0 Å². The van der Waals surface area contributed by atoms with Crippen molar-refractivity contribution in [2.45, 2.75) is 19.3 Å². The highest BCUT2D eigenvalue weighted by atomic mass is 35.5. The Kier molecular flexibility index (Phi) is 2.94. The van der Waals surface area contributed by atoms with Crippen LogP contribution in [-0.4, -0.2) is 11.7 Å². The van der Waals surface area contributed by atoms with Gasteiger partial charge >= 0.3 is 0 Å². The first-order valence-corrected chi connectivity index (χ1v) is 4.11. The smallest absolute Gasteiger partial charge is 0.150 e. The minimum Gasteiger partial charge on any atom is -0.298 e. The Balaban J connectivity index is 2.41. The lowest BCUT2D eigenvalue weighted by molar-refractivity contribution is -0.120. The fourth-order valence-electron chi connectivity index (χ4n) is 1.20. The van der Waals surface area contributed by atoms with Crippen LogP contribution < -0.4 is 0 Å². The number of rotatable bonds is 2. The van der Waals surface area contributed by atoms with Gasteiger partial charge in [0.05, 0.1) is 5.88 Å². The maximum absolute atomic E-state index is 11.0. The highest BCUT2D eigenvalue weighted by molar-refractivity contribution is 6.27. The van der Waals surface area contributed by atoms with E-state index in [4.69, 9.17) is 11.6 Å². The van der Waals surface area contributed by atoms with E-state index in [0.717, 1.165) is 19.3 Å². The van der Waals surface area contributed by atoms with Crippen molar-refractivity contribution in [2.24, 2.45) is 5.92 Å². The van der Waals surface area contributed by atoms with E-state index in [1.807, 2.05) is 0 Å². The molecule has 0 spiro atoms. The molecule has 1 rings (SSSR count). The average molecular weight is 159 g/mol. The molecule has 1 aliphatic rings. The highest BCUT2D eigenvalue weighted by Crippen LogP contribution is 2.19. The molecule has 0 saturated heterocycles. The van der Waals surface area contributed by atoms with E-state index < -0.39 is 0 Å². The van der Waals surface area contributed by atoms with Gasteiger partial charge in [-0.2, -0.15) is 0 Å². The van der Waals surface area contributed by atoms with Crippen LogP contribution in [0.1, 0.15) is 19.3 Å². The van der Waals surface area contributed by atoms with Crippen molar-refractivity contribution in [3.8, 4) is 0 Å². The summed E-state index contributed by atoms with van der Waals surface area (Å²) in [7, 11) is 0. The second-order valence-electron chi connectivity index (χ2n) is 2.58. The van der Waals surface area contributed by atoms with Crippen LogP contribution >= 0.6 is 11.6 Å². The van der Waals surface area contributed by atoms with E-state index in [2.05, 4.69) is 12.2 Å². The predicted octanol–water partition coefficient (Wildman–Crippen LogP) is 2.15. The van der Waals surface area contributed by atoms with Gasteiger partial charge in [-0.15, -0.1) is 11.6 Å². The molecule has 56 valence electrons. The molecule has 1 nitrogen and oxygen atoms in total. The standard InChI is InChI=1S/C8H11ClO/c9-6-8(10)7-4-2-1-3-5-7/h1-2,7H,3-6H2. The van der Waals surface area contributed by atoms with E-state index in [-0.39, 0.29) is 17.6 Å². The first-order chi connectivity index (χ1) is 4.84. The van der Waals surface area contributed by atoms with Crippen LogP contribution in [0.3, 0.4) is 0 Å². The SMILES string of the molecule is O=C(CCl)C1CC=CCC1. The minimum absolute atomic E-state index is 0.179. The molecule has 0 amide bonds. The molecule has 0 fully saturated rings. The number of hydrogen-bond donors (Lipinski definition) is 0. The summed E-state index contributed by atoms with van der Waals surface area (Å²) in [4.78, 5) is 11.0. The van der Waals surface area contributed by atoms with Gasteiger partial charge in [0.2, 0.25) is 0 Å². The lowest BCUT2D eigenvalue weighted by Gasteiger charge is -2.14. The summed E-state index contributed by atoms with van der Waals surface area (Å²) in [6.45, 7) is 0. The van der Waals surface area contributed by atoms with Crippen molar-refractivity contribution in [1.29, 1.82) is 0 Å². The van der Waals surface area contributed by atoms with Crippen molar-refractivity contribution in [3.05, 3.63) is 12.2 Å². The van der Waals surface area contributed by atoms with Gasteiger partial charge in [0.1, 0.15) is 0 Å². The largest absolute Gasteiger partial charge is 0.298 e. The molecular formula is C8H11ClO. The number of ketones is 1. The van der Waals surface area contributed by atoms with E-state index in [1.165, 1.54) is 0 Å². The maximum Gasteiger partial charge on any atom is 0.150 e. The van der Waals surface area contributed by atoms with Crippen LogP contribution in [-0.2, 0) is 4.79 Å².